The van der Waals surface area contributed by atoms with E-state index in [1.807, 2.05) is 28.7 Å². The highest BCUT2D eigenvalue weighted by Gasteiger charge is 2.07. The van der Waals surface area contributed by atoms with Crippen molar-refractivity contribution in [2.45, 2.75) is 6.61 Å². The van der Waals surface area contributed by atoms with Gasteiger partial charge in [-0.25, -0.2) is 0 Å². The van der Waals surface area contributed by atoms with Crippen LogP contribution in [-0.4, -0.2) is 12.2 Å². The van der Waals surface area contributed by atoms with Gasteiger partial charge in [0, 0.05) is 3.57 Å². The minimum Gasteiger partial charge on any atom is -0.497 e. The first-order valence-electron chi connectivity index (χ1n) is 3.60. The van der Waals surface area contributed by atoms with Crippen LogP contribution in [0.25, 0.3) is 0 Å². The Balaban J connectivity index is 3.31. The van der Waals surface area contributed by atoms with Crippen LogP contribution in [0.1, 0.15) is 11.1 Å². The number of aliphatic hydroxyl groups is 1. The molecule has 0 aliphatic rings. The fraction of sp³-hybridized carbons (Fsp3) is 0.222. The molecule has 0 aromatic heterocycles. The Bertz CT molecular complexity index is 357. The number of rotatable bonds is 2. The molecule has 1 aromatic rings. The standard InChI is InChI=1S/C9H8INO2/c1-13-7-2-6(5-12)8(4-11)9(10)3-7/h2-3,12H,5H2,1H3. The Labute approximate surface area is 90.1 Å². The quantitative estimate of drug-likeness (QED) is 0.842. The number of hydrogen-bond donors (Lipinski definition) is 1. The fourth-order valence-corrected chi connectivity index (χ4v) is 1.78. The summed E-state index contributed by atoms with van der Waals surface area (Å²) in [5, 5.41) is 17.8. The summed E-state index contributed by atoms with van der Waals surface area (Å²) in [4.78, 5) is 0. The number of hydrogen-bond acceptors (Lipinski definition) is 3. The van der Waals surface area contributed by atoms with E-state index in [9.17, 15) is 0 Å². The van der Waals surface area contributed by atoms with Gasteiger partial charge >= 0.3 is 0 Å². The molecule has 0 bridgehead atoms. The molecule has 0 aliphatic carbocycles. The normalized spacial score (nSPS) is 9.38. The summed E-state index contributed by atoms with van der Waals surface area (Å²) < 4.78 is 5.81. The number of nitrogens with zero attached hydrogens (tertiary/aromatic N) is 1. The highest BCUT2D eigenvalue weighted by molar-refractivity contribution is 14.1. The second kappa shape index (κ2) is 4.44. The van der Waals surface area contributed by atoms with E-state index in [0.717, 1.165) is 3.57 Å². The molecule has 4 heteroatoms. The van der Waals surface area contributed by atoms with E-state index in [1.54, 1.807) is 19.2 Å². The van der Waals surface area contributed by atoms with Crippen LogP contribution in [0.5, 0.6) is 5.75 Å². The molecule has 1 N–H and O–H groups in total. The number of aliphatic hydroxyl groups excluding tert-OH is 1. The smallest absolute Gasteiger partial charge is 0.120 e. The molecule has 1 aromatic carbocycles. The van der Waals surface area contributed by atoms with Crippen molar-refractivity contribution in [1.29, 1.82) is 5.26 Å². The first-order chi connectivity index (χ1) is 6.22. The van der Waals surface area contributed by atoms with E-state index in [2.05, 4.69) is 0 Å². The van der Waals surface area contributed by atoms with Crippen molar-refractivity contribution < 1.29 is 9.84 Å². The van der Waals surface area contributed by atoms with Crippen LogP contribution in [-0.2, 0) is 6.61 Å². The maximum atomic E-state index is 8.98. The van der Waals surface area contributed by atoms with Crippen molar-refractivity contribution in [3.63, 3.8) is 0 Å². The summed E-state index contributed by atoms with van der Waals surface area (Å²) >= 11 is 2.04. The average Bonchev–Trinajstić information content (AvgIpc) is 2.16. The second-order valence-corrected chi connectivity index (χ2v) is 3.58. The Hall–Kier alpha value is -0.800. The predicted octanol–water partition coefficient (Wildman–Crippen LogP) is 1.66. The van der Waals surface area contributed by atoms with E-state index in [0.29, 0.717) is 16.9 Å². The fourth-order valence-electron chi connectivity index (χ4n) is 1.00. The number of benzene rings is 1. The van der Waals surface area contributed by atoms with Crippen LogP contribution in [0.2, 0.25) is 0 Å². The molecule has 0 saturated heterocycles. The van der Waals surface area contributed by atoms with Crippen LogP contribution in [0.4, 0.5) is 0 Å². The predicted molar refractivity (Wildman–Crippen MR) is 56.3 cm³/mol. The molecule has 3 nitrogen and oxygen atoms in total. The maximum absolute atomic E-state index is 8.98. The molecule has 0 amide bonds. The Morgan fingerprint density at radius 3 is 2.77 bits per heavy atom. The first-order valence-corrected chi connectivity index (χ1v) is 4.68. The van der Waals surface area contributed by atoms with Crippen molar-refractivity contribution >= 4 is 22.6 Å². The third-order valence-corrected chi connectivity index (χ3v) is 2.51. The molecule has 0 heterocycles. The van der Waals surface area contributed by atoms with Gasteiger partial charge < -0.3 is 9.84 Å². The van der Waals surface area contributed by atoms with Crippen LogP contribution in [0.3, 0.4) is 0 Å². The summed E-state index contributed by atoms with van der Waals surface area (Å²) in [6, 6.07) is 5.47. The summed E-state index contributed by atoms with van der Waals surface area (Å²) in [6.07, 6.45) is 0. The van der Waals surface area contributed by atoms with Gasteiger partial charge in [0.2, 0.25) is 0 Å². The average molecular weight is 289 g/mol. The molecule has 68 valence electrons. The Morgan fingerprint density at radius 1 is 1.62 bits per heavy atom. The van der Waals surface area contributed by atoms with Crippen molar-refractivity contribution in [1.82, 2.24) is 0 Å². The summed E-state index contributed by atoms with van der Waals surface area (Å²) in [6.45, 7) is -0.143. The lowest BCUT2D eigenvalue weighted by molar-refractivity contribution is 0.280. The van der Waals surface area contributed by atoms with Crippen molar-refractivity contribution in [3.8, 4) is 11.8 Å². The van der Waals surface area contributed by atoms with Gasteiger partial charge in [-0.1, -0.05) is 0 Å². The van der Waals surface area contributed by atoms with Gasteiger partial charge in [-0.15, -0.1) is 0 Å². The van der Waals surface area contributed by atoms with E-state index in [4.69, 9.17) is 15.1 Å². The molecule has 0 unspecified atom stereocenters. The van der Waals surface area contributed by atoms with Crippen LogP contribution in [0.15, 0.2) is 12.1 Å². The third-order valence-electron chi connectivity index (χ3n) is 1.66. The number of ether oxygens (including phenoxy) is 1. The summed E-state index contributed by atoms with van der Waals surface area (Å²) in [5.74, 6) is 0.660. The topological polar surface area (TPSA) is 53.2 Å². The molecular formula is C9H8INO2. The second-order valence-electron chi connectivity index (χ2n) is 2.41. The van der Waals surface area contributed by atoms with Gasteiger partial charge in [0.1, 0.15) is 11.8 Å². The SMILES string of the molecule is COc1cc(I)c(C#N)c(CO)c1. The summed E-state index contributed by atoms with van der Waals surface area (Å²) in [5.41, 5.74) is 1.12. The van der Waals surface area contributed by atoms with Gasteiger partial charge in [-0.05, 0) is 40.3 Å². The van der Waals surface area contributed by atoms with Crippen LogP contribution < -0.4 is 4.74 Å². The summed E-state index contributed by atoms with van der Waals surface area (Å²) in [7, 11) is 1.55. The van der Waals surface area contributed by atoms with E-state index in [-0.39, 0.29) is 6.61 Å². The molecule has 0 atom stereocenters. The molecule has 0 aliphatic heterocycles. The highest BCUT2D eigenvalue weighted by Crippen LogP contribution is 2.23. The minimum atomic E-state index is -0.143. The molecule has 0 spiro atoms. The lowest BCUT2D eigenvalue weighted by Gasteiger charge is -2.06. The zero-order valence-electron chi connectivity index (χ0n) is 7.04. The van der Waals surface area contributed by atoms with E-state index in [1.165, 1.54) is 0 Å². The van der Waals surface area contributed by atoms with Crippen molar-refractivity contribution in [2.24, 2.45) is 0 Å². The van der Waals surface area contributed by atoms with Gasteiger partial charge in [0.25, 0.3) is 0 Å². The molecule has 0 radical (unpaired) electrons. The Kier molecular flexibility index (Phi) is 3.51. The van der Waals surface area contributed by atoms with Crippen molar-refractivity contribution in [2.75, 3.05) is 7.11 Å². The molecule has 13 heavy (non-hydrogen) atoms. The molecule has 0 fully saturated rings. The Morgan fingerprint density at radius 2 is 2.31 bits per heavy atom. The van der Waals surface area contributed by atoms with Crippen molar-refractivity contribution in [3.05, 3.63) is 26.8 Å². The van der Waals surface area contributed by atoms with Crippen LogP contribution in [0, 0.1) is 14.9 Å². The largest absolute Gasteiger partial charge is 0.497 e. The number of halogens is 1. The zero-order chi connectivity index (χ0) is 9.84. The van der Waals surface area contributed by atoms with Gasteiger partial charge in [0.05, 0.1) is 19.3 Å². The lowest BCUT2D eigenvalue weighted by Crippen LogP contribution is -1.95. The van der Waals surface area contributed by atoms with Crippen LogP contribution >= 0.6 is 22.6 Å². The molecular weight excluding hydrogens is 281 g/mol. The monoisotopic (exact) mass is 289 g/mol. The number of nitriles is 1. The lowest BCUT2D eigenvalue weighted by atomic mass is 10.1. The third kappa shape index (κ3) is 2.11. The van der Waals surface area contributed by atoms with Gasteiger partial charge in [0.15, 0.2) is 0 Å². The number of methoxy groups -OCH3 is 1. The zero-order valence-corrected chi connectivity index (χ0v) is 9.20. The van der Waals surface area contributed by atoms with Gasteiger partial charge in [-0.3, -0.25) is 0 Å². The van der Waals surface area contributed by atoms with E-state index >= 15 is 0 Å². The maximum Gasteiger partial charge on any atom is 0.120 e. The highest BCUT2D eigenvalue weighted by atomic mass is 127. The molecule has 1 rings (SSSR count). The van der Waals surface area contributed by atoms with E-state index < -0.39 is 0 Å². The minimum absolute atomic E-state index is 0.143. The first kappa shape index (κ1) is 10.3. The molecule has 0 saturated carbocycles. The van der Waals surface area contributed by atoms with Gasteiger partial charge in [-0.2, -0.15) is 5.26 Å².